The third-order valence-corrected chi connectivity index (χ3v) is 12.6. The molecule has 402 valence electrons. The number of carbonyl (C=O) groups is 3. The lowest BCUT2D eigenvalue weighted by Crippen LogP contribution is -2.30. The highest BCUT2D eigenvalue weighted by Gasteiger charge is 2.19. The Labute approximate surface area is 433 Å². The fourth-order valence-electron chi connectivity index (χ4n) is 8.21. The van der Waals surface area contributed by atoms with Gasteiger partial charge in [0, 0.05) is 19.3 Å². The van der Waals surface area contributed by atoms with Gasteiger partial charge in [0.15, 0.2) is 6.10 Å². The van der Waals surface area contributed by atoms with E-state index in [4.69, 9.17) is 14.2 Å². The minimum Gasteiger partial charge on any atom is -0.462 e. The predicted octanol–water partition coefficient (Wildman–Crippen LogP) is 19.9. The standard InChI is InChI=1S/C64H110O6/c1-4-7-10-13-16-18-20-22-24-26-27-28-29-30-31-32-33-34-35-36-37-38-40-41-43-45-48-51-54-57-63(66)69-60-61(59-68-62(65)56-53-50-47-15-12-9-6-3)70-64(67)58-55-52-49-46-44-42-39-25-23-21-19-17-14-11-8-5-2/h7,10,16,18-19,21-22,24-25,27-28,30-31,39,61H,4-6,8-9,11-15,17,20,23,26,29,32-38,40-60H2,1-3H3/b10-7-,18-16-,21-19-,24-22-,28-27-,31-30-,39-25-. The van der Waals surface area contributed by atoms with Crippen molar-refractivity contribution in [3.05, 3.63) is 85.1 Å². The molecule has 0 amide bonds. The Bertz CT molecular complexity index is 1350. The molecule has 0 radical (unpaired) electrons. The number of carbonyl (C=O) groups excluding carboxylic acids is 3. The largest absolute Gasteiger partial charge is 0.462 e. The number of rotatable bonds is 53. The van der Waals surface area contributed by atoms with E-state index in [-0.39, 0.29) is 31.1 Å². The summed E-state index contributed by atoms with van der Waals surface area (Å²) in [6.45, 7) is 6.47. The van der Waals surface area contributed by atoms with E-state index in [1.165, 1.54) is 128 Å². The molecule has 0 spiro atoms. The van der Waals surface area contributed by atoms with Gasteiger partial charge in [-0.05, 0) is 96.3 Å². The first-order valence-corrected chi connectivity index (χ1v) is 29.6. The third-order valence-electron chi connectivity index (χ3n) is 12.6. The highest BCUT2D eigenvalue weighted by Crippen LogP contribution is 2.16. The van der Waals surface area contributed by atoms with Crippen molar-refractivity contribution >= 4 is 17.9 Å². The van der Waals surface area contributed by atoms with Crippen LogP contribution in [0.15, 0.2) is 85.1 Å². The first-order valence-electron chi connectivity index (χ1n) is 29.6. The molecule has 0 saturated carbocycles. The van der Waals surface area contributed by atoms with Gasteiger partial charge in [-0.15, -0.1) is 0 Å². The van der Waals surface area contributed by atoms with Crippen LogP contribution in [0, 0.1) is 0 Å². The molecule has 1 atom stereocenters. The van der Waals surface area contributed by atoms with E-state index in [1.54, 1.807) is 0 Å². The SMILES string of the molecule is CC/C=C\C/C=C\C/C=C\C/C=C\C/C=C\CCCCCCCCCCCCCCCC(=O)OCC(COC(=O)CCCCCCCCC)OC(=O)CCCCCCC/C=C\C/C=C\CCCCCC. The molecule has 0 aliphatic carbocycles. The summed E-state index contributed by atoms with van der Waals surface area (Å²) in [6.07, 6.45) is 76.0. The smallest absolute Gasteiger partial charge is 0.306 e. The van der Waals surface area contributed by atoms with E-state index < -0.39 is 6.10 Å². The van der Waals surface area contributed by atoms with Crippen molar-refractivity contribution in [3.63, 3.8) is 0 Å². The number of hydrogen-bond donors (Lipinski definition) is 0. The summed E-state index contributed by atoms with van der Waals surface area (Å²) in [5.41, 5.74) is 0. The molecule has 0 bridgehead atoms. The number of ether oxygens (including phenoxy) is 3. The molecule has 1 unspecified atom stereocenters. The lowest BCUT2D eigenvalue weighted by Gasteiger charge is -2.18. The van der Waals surface area contributed by atoms with Crippen LogP contribution in [0.1, 0.15) is 284 Å². The quantitative estimate of drug-likeness (QED) is 0.0261. The van der Waals surface area contributed by atoms with Crippen LogP contribution >= 0.6 is 0 Å². The molecule has 0 saturated heterocycles. The van der Waals surface area contributed by atoms with Gasteiger partial charge in [0.1, 0.15) is 13.2 Å². The monoisotopic (exact) mass is 975 g/mol. The maximum Gasteiger partial charge on any atom is 0.306 e. The summed E-state index contributed by atoms with van der Waals surface area (Å²) < 4.78 is 16.8. The minimum absolute atomic E-state index is 0.0803. The number of esters is 3. The van der Waals surface area contributed by atoms with Gasteiger partial charge in [0.2, 0.25) is 0 Å². The van der Waals surface area contributed by atoms with Crippen molar-refractivity contribution in [1.82, 2.24) is 0 Å². The lowest BCUT2D eigenvalue weighted by molar-refractivity contribution is -0.167. The Balaban J connectivity index is 4.12. The van der Waals surface area contributed by atoms with Crippen molar-refractivity contribution in [2.75, 3.05) is 13.2 Å². The normalized spacial score (nSPS) is 12.7. The minimum atomic E-state index is -0.780. The van der Waals surface area contributed by atoms with Gasteiger partial charge < -0.3 is 14.2 Å². The van der Waals surface area contributed by atoms with E-state index in [2.05, 4.69) is 106 Å². The maximum absolute atomic E-state index is 12.8. The summed E-state index contributed by atoms with van der Waals surface area (Å²) in [6, 6.07) is 0. The van der Waals surface area contributed by atoms with Crippen molar-refractivity contribution < 1.29 is 28.6 Å². The van der Waals surface area contributed by atoms with Gasteiger partial charge in [-0.2, -0.15) is 0 Å². The molecule has 0 aliphatic rings. The lowest BCUT2D eigenvalue weighted by atomic mass is 10.0. The van der Waals surface area contributed by atoms with Crippen LogP contribution in [-0.4, -0.2) is 37.2 Å². The van der Waals surface area contributed by atoms with Gasteiger partial charge in [-0.3, -0.25) is 14.4 Å². The van der Waals surface area contributed by atoms with Crippen molar-refractivity contribution in [3.8, 4) is 0 Å². The molecule has 0 aromatic rings. The summed E-state index contributed by atoms with van der Waals surface area (Å²) in [5.74, 6) is -0.896. The molecule has 70 heavy (non-hydrogen) atoms. The van der Waals surface area contributed by atoms with Gasteiger partial charge in [0.25, 0.3) is 0 Å². The third kappa shape index (κ3) is 55.5. The maximum atomic E-state index is 12.8. The summed E-state index contributed by atoms with van der Waals surface area (Å²) in [5, 5.41) is 0. The van der Waals surface area contributed by atoms with E-state index >= 15 is 0 Å². The molecule has 0 aromatic heterocycles. The molecule has 0 heterocycles. The zero-order chi connectivity index (χ0) is 50.7. The van der Waals surface area contributed by atoms with Crippen LogP contribution in [0.3, 0.4) is 0 Å². The van der Waals surface area contributed by atoms with Gasteiger partial charge in [-0.1, -0.05) is 254 Å². The fourth-order valence-corrected chi connectivity index (χ4v) is 8.21. The molecular formula is C64H110O6. The zero-order valence-corrected chi connectivity index (χ0v) is 46.0. The Kier molecular flexibility index (Phi) is 55.3. The van der Waals surface area contributed by atoms with Crippen molar-refractivity contribution in [2.24, 2.45) is 0 Å². The fraction of sp³-hybridized carbons (Fsp3) is 0.734. The Hall–Kier alpha value is -3.41. The van der Waals surface area contributed by atoms with E-state index in [9.17, 15) is 14.4 Å². The Morgan fingerprint density at radius 2 is 0.557 bits per heavy atom. The summed E-state index contributed by atoms with van der Waals surface area (Å²) in [7, 11) is 0. The van der Waals surface area contributed by atoms with Crippen molar-refractivity contribution in [2.45, 2.75) is 290 Å². The number of hydrogen-bond acceptors (Lipinski definition) is 6. The zero-order valence-electron chi connectivity index (χ0n) is 46.0. The molecule has 0 N–H and O–H groups in total. The average molecular weight is 976 g/mol. The van der Waals surface area contributed by atoms with Crippen LogP contribution in [0.4, 0.5) is 0 Å². The number of allylic oxidation sites excluding steroid dienone is 14. The van der Waals surface area contributed by atoms with Gasteiger partial charge in [-0.25, -0.2) is 0 Å². The van der Waals surface area contributed by atoms with Gasteiger partial charge in [0.05, 0.1) is 0 Å². The molecule has 6 nitrogen and oxygen atoms in total. The van der Waals surface area contributed by atoms with Crippen LogP contribution in [0.2, 0.25) is 0 Å². The number of unbranched alkanes of at least 4 members (excludes halogenated alkanes) is 28. The molecular weight excluding hydrogens is 865 g/mol. The molecule has 0 rings (SSSR count). The molecule has 0 fully saturated rings. The van der Waals surface area contributed by atoms with Crippen LogP contribution in [-0.2, 0) is 28.6 Å². The van der Waals surface area contributed by atoms with Crippen LogP contribution < -0.4 is 0 Å². The first-order chi connectivity index (χ1) is 34.5. The molecule has 0 aromatic carbocycles. The summed E-state index contributed by atoms with van der Waals surface area (Å²) in [4.78, 5) is 37.9. The van der Waals surface area contributed by atoms with Gasteiger partial charge >= 0.3 is 17.9 Å². The second-order valence-electron chi connectivity index (χ2n) is 19.5. The van der Waals surface area contributed by atoms with E-state index in [0.29, 0.717) is 19.3 Å². The van der Waals surface area contributed by atoms with Crippen molar-refractivity contribution in [1.29, 1.82) is 0 Å². The predicted molar refractivity (Wildman–Crippen MR) is 302 cm³/mol. The van der Waals surface area contributed by atoms with Crippen LogP contribution in [0.5, 0.6) is 0 Å². The first kappa shape index (κ1) is 66.6. The topological polar surface area (TPSA) is 78.9 Å². The highest BCUT2D eigenvalue weighted by atomic mass is 16.6. The summed E-state index contributed by atoms with van der Waals surface area (Å²) >= 11 is 0. The second-order valence-corrected chi connectivity index (χ2v) is 19.5. The second kappa shape index (κ2) is 58.2. The van der Waals surface area contributed by atoms with Crippen LogP contribution in [0.25, 0.3) is 0 Å². The molecule has 0 aliphatic heterocycles. The molecule has 6 heteroatoms. The Morgan fingerprint density at radius 3 is 0.886 bits per heavy atom. The van der Waals surface area contributed by atoms with E-state index in [0.717, 1.165) is 116 Å². The highest BCUT2D eigenvalue weighted by molar-refractivity contribution is 5.71. The average Bonchev–Trinajstić information content (AvgIpc) is 3.36. The van der Waals surface area contributed by atoms with E-state index in [1.807, 2.05) is 0 Å². The Morgan fingerprint density at radius 1 is 0.300 bits per heavy atom.